The Bertz CT molecular complexity index is 735. The molecule has 0 amide bonds. The lowest BCUT2D eigenvalue weighted by Crippen LogP contribution is -1.95. The number of benzene rings is 1. The van der Waals surface area contributed by atoms with Gasteiger partial charge in [-0.2, -0.15) is 4.98 Å². The van der Waals surface area contributed by atoms with Crippen LogP contribution in [0.1, 0.15) is 30.2 Å². The number of hydrogen-bond acceptors (Lipinski definition) is 5. The standard InChI is InChI=1S/C12H11ClN2O3S/c1-7-2-3-9(6-10(7)19(13,16)17)11-14-12(18-15-11)8-4-5-8/h2-3,6,8H,4-5H2,1H3. The topological polar surface area (TPSA) is 73.1 Å². The molecule has 7 heteroatoms. The zero-order valence-corrected chi connectivity index (χ0v) is 11.7. The maximum Gasteiger partial charge on any atom is 0.261 e. The van der Waals surface area contributed by atoms with Gasteiger partial charge in [0.1, 0.15) is 0 Å². The van der Waals surface area contributed by atoms with Gasteiger partial charge in [0, 0.05) is 22.2 Å². The van der Waals surface area contributed by atoms with Crippen LogP contribution in [0.4, 0.5) is 0 Å². The van der Waals surface area contributed by atoms with Crippen molar-refractivity contribution in [2.45, 2.75) is 30.6 Å². The molecule has 5 nitrogen and oxygen atoms in total. The van der Waals surface area contributed by atoms with Gasteiger partial charge in [0.25, 0.3) is 9.05 Å². The molecule has 2 aromatic rings. The highest BCUT2D eigenvalue weighted by Crippen LogP contribution is 2.39. The highest BCUT2D eigenvalue weighted by Gasteiger charge is 2.30. The van der Waals surface area contributed by atoms with E-state index in [0.717, 1.165) is 12.8 Å². The minimum atomic E-state index is -3.78. The van der Waals surface area contributed by atoms with E-state index in [1.165, 1.54) is 6.07 Å². The molecule has 1 aliphatic rings. The Morgan fingerprint density at radius 3 is 2.74 bits per heavy atom. The van der Waals surface area contributed by atoms with Crippen LogP contribution in [0, 0.1) is 6.92 Å². The van der Waals surface area contributed by atoms with Gasteiger partial charge in [-0.05, 0) is 31.4 Å². The number of rotatable bonds is 3. The number of nitrogens with zero attached hydrogens (tertiary/aromatic N) is 2. The molecular formula is C12H11ClN2O3S. The summed E-state index contributed by atoms with van der Waals surface area (Å²) in [5.74, 6) is 1.37. The van der Waals surface area contributed by atoms with Crippen LogP contribution in [0.15, 0.2) is 27.6 Å². The molecule has 1 saturated carbocycles. The summed E-state index contributed by atoms with van der Waals surface area (Å²) in [6, 6.07) is 4.90. The second kappa shape index (κ2) is 4.31. The number of aryl methyl sites for hydroxylation is 1. The zero-order chi connectivity index (χ0) is 13.6. The second-order valence-electron chi connectivity index (χ2n) is 4.65. The molecule has 0 N–H and O–H groups in total. The minimum Gasteiger partial charge on any atom is -0.339 e. The molecule has 1 aliphatic carbocycles. The van der Waals surface area contributed by atoms with Gasteiger partial charge in [0.15, 0.2) is 0 Å². The molecule has 0 bridgehead atoms. The smallest absolute Gasteiger partial charge is 0.261 e. The van der Waals surface area contributed by atoms with Gasteiger partial charge in [-0.1, -0.05) is 17.3 Å². The molecule has 0 atom stereocenters. The van der Waals surface area contributed by atoms with Crippen molar-refractivity contribution in [2.24, 2.45) is 0 Å². The highest BCUT2D eigenvalue weighted by atomic mass is 35.7. The lowest BCUT2D eigenvalue weighted by molar-refractivity contribution is 0.380. The van der Waals surface area contributed by atoms with Gasteiger partial charge in [-0.3, -0.25) is 0 Å². The number of halogens is 1. The van der Waals surface area contributed by atoms with Crippen molar-refractivity contribution >= 4 is 19.7 Å². The van der Waals surface area contributed by atoms with Crippen molar-refractivity contribution in [1.29, 1.82) is 0 Å². The summed E-state index contributed by atoms with van der Waals surface area (Å²) in [4.78, 5) is 4.35. The van der Waals surface area contributed by atoms with Gasteiger partial charge < -0.3 is 4.52 Å². The largest absolute Gasteiger partial charge is 0.339 e. The Kier molecular flexibility index (Phi) is 2.87. The monoisotopic (exact) mass is 298 g/mol. The van der Waals surface area contributed by atoms with Crippen LogP contribution in [-0.2, 0) is 9.05 Å². The minimum absolute atomic E-state index is 0.0736. The van der Waals surface area contributed by atoms with Crippen molar-refractivity contribution in [3.8, 4) is 11.4 Å². The number of aromatic nitrogens is 2. The molecule has 0 aliphatic heterocycles. The van der Waals surface area contributed by atoms with Gasteiger partial charge >= 0.3 is 0 Å². The average molecular weight is 299 g/mol. The third-order valence-electron chi connectivity index (χ3n) is 3.08. The predicted octanol–water partition coefficient (Wildman–Crippen LogP) is 2.85. The molecular weight excluding hydrogens is 288 g/mol. The van der Waals surface area contributed by atoms with Crippen molar-refractivity contribution in [2.75, 3.05) is 0 Å². The first-order valence-electron chi connectivity index (χ1n) is 5.84. The fourth-order valence-electron chi connectivity index (χ4n) is 1.85. The Balaban J connectivity index is 2.04. The third-order valence-corrected chi connectivity index (χ3v) is 4.54. The molecule has 1 heterocycles. The van der Waals surface area contributed by atoms with E-state index < -0.39 is 9.05 Å². The van der Waals surface area contributed by atoms with E-state index in [0.29, 0.717) is 28.8 Å². The highest BCUT2D eigenvalue weighted by molar-refractivity contribution is 8.13. The molecule has 0 saturated heterocycles. The first kappa shape index (κ1) is 12.6. The van der Waals surface area contributed by atoms with E-state index in [1.54, 1.807) is 19.1 Å². The van der Waals surface area contributed by atoms with Crippen molar-refractivity contribution in [3.05, 3.63) is 29.7 Å². The van der Waals surface area contributed by atoms with E-state index in [2.05, 4.69) is 10.1 Å². The fourth-order valence-corrected chi connectivity index (χ4v) is 3.07. The van der Waals surface area contributed by atoms with Crippen molar-refractivity contribution in [1.82, 2.24) is 10.1 Å². The second-order valence-corrected chi connectivity index (χ2v) is 7.18. The van der Waals surface area contributed by atoms with Crippen LogP contribution < -0.4 is 0 Å². The van der Waals surface area contributed by atoms with Crippen LogP contribution in [0.3, 0.4) is 0 Å². The van der Waals surface area contributed by atoms with Gasteiger partial charge in [0.05, 0.1) is 4.90 Å². The summed E-state index contributed by atoms with van der Waals surface area (Å²) < 4.78 is 28.1. The summed E-state index contributed by atoms with van der Waals surface area (Å²) in [7, 11) is 1.62. The van der Waals surface area contributed by atoms with E-state index in [4.69, 9.17) is 15.2 Å². The fraction of sp³-hybridized carbons (Fsp3) is 0.333. The van der Waals surface area contributed by atoms with Gasteiger partial charge in [0.2, 0.25) is 11.7 Å². The van der Waals surface area contributed by atoms with E-state index in [1.807, 2.05) is 0 Å². The first-order chi connectivity index (χ1) is 8.95. The molecule has 19 heavy (non-hydrogen) atoms. The van der Waals surface area contributed by atoms with Crippen LogP contribution in [0.5, 0.6) is 0 Å². The summed E-state index contributed by atoms with van der Waals surface area (Å²) in [5.41, 5.74) is 1.17. The zero-order valence-electron chi connectivity index (χ0n) is 10.1. The maximum atomic E-state index is 11.5. The van der Waals surface area contributed by atoms with E-state index in [9.17, 15) is 8.42 Å². The van der Waals surface area contributed by atoms with Crippen molar-refractivity contribution < 1.29 is 12.9 Å². The quantitative estimate of drug-likeness (QED) is 0.815. The molecule has 0 radical (unpaired) electrons. The van der Waals surface area contributed by atoms with Crippen LogP contribution in [-0.4, -0.2) is 18.6 Å². The van der Waals surface area contributed by atoms with Gasteiger partial charge in [-0.25, -0.2) is 8.42 Å². The normalized spacial score (nSPS) is 15.7. The third kappa shape index (κ3) is 2.50. The Morgan fingerprint density at radius 2 is 2.11 bits per heavy atom. The Hall–Kier alpha value is -1.40. The van der Waals surface area contributed by atoms with E-state index in [-0.39, 0.29) is 4.90 Å². The molecule has 0 spiro atoms. The maximum absolute atomic E-state index is 11.5. The Labute approximate surface area is 115 Å². The first-order valence-corrected chi connectivity index (χ1v) is 8.15. The number of hydrogen-bond donors (Lipinski definition) is 0. The predicted molar refractivity (Wildman–Crippen MR) is 69.5 cm³/mol. The Morgan fingerprint density at radius 1 is 1.37 bits per heavy atom. The lowest BCUT2D eigenvalue weighted by Gasteiger charge is -2.03. The summed E-state index contributed by atoms with van der Waals surface area (Å²) in [5, 5.41) is 3.88. The lowest BCUT2D eigenvalue weighted by atomic mass is 10.1. The average Bonchev–Trinajstić information content (AvgIpc) is 3.07. The van der Waals surface area contributed by atoms with Gasteiger partial charge in [-0.15, -0.1) is 0 Å². The molecule has 3 rings (SSSR count). The van der Waals surface area contributed by atoms with E-state index >= 15 is 0 Å². The van der Waals surface area contributed by atoms with Crippen LogP contribution in [0.25, 0.3) is 11.4 Å². The molecule has 0 unspecified atom stereocenters. The summed E-state index contributed by atoms with van der Waals surface area (Å²) in [6.45, 7) is 1.69. The molecule has 100 valence electrons. The molecule has 1 fully saturated rings. The summed E-state index contributed by atoms with van der Waals surface area (Å²) >= 11 is 0. The molecule has 1 aromatic heterocycles. The SMILES string of the molecule is Cc1ccc(-c2noc(C3CC3)n2)cc1S(=O)(=O)Cl. The summed E-state index contributed by atoms with van der Waals surface area (Å²) in [6.07, 6.45) is 2.13. The molecule has 1 aromatic carbocycles. The van der Waals surface area contributed by atoms with Crippen LogP contribution >= 0.6 is 10.7 Å². The van der Waals surface area contributed by atoms with Crippen molar-refractivity contribution in [3.63, 3.8) is 0 Å². The van der Waals surface area contributed by atoms with Crippen LogP contribution in [0.2, 0.25) is 0 Å².